The summed E-state index contributed by atoms with van der Waals surface area (Å²) in [5.74, 6) is -0.190. The minimum Gasteiger partial charge on any atom is -0.506 e. The van der Waals surface area contributed by atoms with E-state index in [1.165, 1.54) is 28.5 Å². The molecule has 0 saturated carbocycles. The first-order valence-electron chi connectivity index (χ1n) is 10.2. The van der Waals surface area contributed by atoms with Gasteiger partial charge in [-0.3, -0.25) is 4.72 Å². The maximum Gasteiger partial charge on any atom is 0.229 e. The van der Waals surface area contributed by atoms with Crippen molar-refractivity contribution in [2.24, 2.45) is 0 Å². The van der Waals surface area contributed by atoms with Gasteiger partial charge >= 0.3 is 0 Å². The van der Waals surface area contributed by atoms with Crippen LogP contribution in [0.25, 0.3) is 10.8 Å². The molecule has 0 spiro atoms. The van der Waals surface area contributed by atoms with E-state index in [4.69, 9.17) is 0 Å². The first kappa shape index (κ1) is 23.1. The zero-order chi connectivity index (χ0) is 22.6. The molecule has 0 radical (unpaired) electrons. The van der Waals surface area contributed by atoms with Crippen molar-refractivity contribution in [2.75, 3.05) is 17.5 Å². The van der Waals surface area contributed by atoms with E-state index in [2.05, 4.69) is 60.3 Å². The van der Waals surface area contributed by atoms with E-state index in [-0.39, 0.29) is 17.0 Å². The van der Waals surface area contributed by atoms with Crippen molar-refractivity contribution in [3.63, 3.8) is 0 Å². The van der Waals surface area contributed by atoms with Crippen molar-refractivity contribution in [1.82, 2.24) is 5.32 Å². The third-order valence-electron chi connectivity index (χ3n) is 5.37. The molecule has 0 heterocycles. The lowest BCUT2D eigenvalue weighted by Gasteiger charge is -2.28. The molecule has 0 bridgehead atoms. The van der Waals surface area contributed by atoms with Crippen LogP contribution in [0.2, 0.25) is 0 Å². The van der Waals surface area contributed by atoms with Gasteiger partial charge in [-0.1, -0.05) is 48.5 Å². The molecule has 0 fully saturated rings. The molecule has 0 amide bonds. The molecule has 0 aliphatic heterocycles. The Morgan fingerprint density at radius 2 is 1.74 bits per heavy atom. The van der Waals surface area contributed by atoms with Crippen LogP contribution in [0.15, 0.2) is 60.7 Å². The topological polar surface area (TPSA) is 98.7 Å². The molecule has 31 heavy (non-hydrogen) atoms. The van der Waals surface area contributed by atoms with E-state index in [0.29, 0.717) is 12.1 Å². The molecule has 166 valence electrons. The van der Waals surface area contributed by atoms with Crippen LogP contribution in [-0.4, -0.2) is 37.0 Å². The largest absolute Gasteiger partial charge is 0.506 e. The Morgan fingerprint density at radius 3 is 2.48 bits per heavy atom. The van der Waals surface area contributed by atoms with Gasteiger partial charge < -0.3 is 15.5 Å². The number of phenols is 1. The second-order valence-corrected chi connectivity index (χ2v) is 10.3. The predicted molar refractivity (Wildman–Crippen MR) is 126 cm³/mol. The van der Waals surface area contributed by atoms with Crippen molar-refractivity contribution in [2.45, 2.75) is 38.3 Å². The summed E-state index contributed by atoms with van der Waals surface area (Å²) in [5.41, 5.74) is 1.64. The van der Waals surface area contributed by atoms with Crippen molar-refractivity contribution in [3.05, 3.63) is 71.8 Å². The summed E-state index contributed by atoms with van der Waals surface area (Å²) in [6.45, 7) is 4.49. The van der Waals surface area contributed by atoms with Crippen LogP contribution in [0, 0.1) is 0 Å². The molecule has 6 nitrogen and oxygen atoms in total. The highest BCUT2D eigenvalue weighted by atomic mass is 32.2. The average molecular weight is 443 g/mol. The molecule has 3 aromatic rings. The minimum atomic E-state index is -3.53. The number of aromatic hydroxyl groups is 1. The smallest absolute Gasteiger partial charge is 0.229 e. The van der Waals surface area contributed by atoms with Crippen molar-refractivity contribution >= 4 is 26.5 Å². The van der Waals surface area contributed by atoms with Crippen LogP contribution in [0.1, 0.15) is 37.5 Å². The molecule has 0 aliphatic rings. The first-order chi connectivity index (χ1) is 14.5. The molecule has 1 unspecified atom stereocenters. The number of nitrogens with one attached hydrogen (secondary N) is 2. The average Bonchev–Trinajstić information content (AvgIpc) is 2.71. The quantitative estimate of drug-likeness (QED) is 0.376. The Bertz CT molecular complexity index is 1150. The number of fused-ring (bicyclic) bond motifs is 1. The highest BCUT2D eigenvalue weighted by Crippen LogP contribution is 2.28. The lowest BCUT2D eigenvalue weighted by Crippen LogP contribution is -2.42. The Hall–Kier alpha value is -2.61. The van der Waals surface area contributed by atoms with Crippen LogP contribution in [0.3, 0.4) is 0 Å². The summed E-state index contributed by atoms with van der Waals surface area (Å²) in [4.78, 5) is 0. The predicted octanol–water partition coefficient (Wildman–Crippen LogP) is 3.95. The van der Waals surface area contributed by atoms with Crippen LogP contribution in [0.4, 0.5) is 5.69 Å². The Labute approximate surface area is 184 Å². The Kier molecular flexibility index (Phi) is 6.89. The van der Waals surface area contributed by atoms with Crippen LogP contribution in [-0.2, 0) is 16.4 Å². The third kappa shape index (κ3) is 6.43. The van der Waals surface area contributed by atoms with Gasteiger partial charge in [0.2, 0.25) is 10.0 Å². The standard InChI is InChI=1S/C24H30N2O4S/c1-24(2,14-13-18-9-6-8-17-7-4-5-10-20(17)18)25-16-23(28)19-11-12-22(27)21(15-19)26-31(3,29)30/h4-12,15,23,25-28H,13-14,16H2,1-3H3. The van der Waals surface area contributed by atoms with Gasteiger partial charge in [0.05, 0.1) is 18.0 Å². The van der Waals surface area contributed by atoms with Crippen molar-refractivity contribution < 1.29 is 18.6 Å². The SMILES string of the molecule is CC(C)(CCc1cccc2ccccc12)NCC(O)c1ccc(O)c(NS(C)(=O)=O)c1. The summed E-state index contributed by atoms with van der Waals surface area (Å²) in [7, 11) is -3.53. The molecular weight excluding hydrogens is 412 g/mol. The van der Waals surface area contributed by atoms with Crippen molar-refractivity contribution in [1.29, 1.82) is 0 Å². The van der Waals surface area contributed by atoms with E-state index < -0.39 is 16.1 Å². The Balaban J connectivity index is 1.62. The monoisotopic (exact) mass is 442 g/mol. The van der Waals surface area contributed by atoms with Crippen LogP contribution in [0.5, 0.6) is 5.75 Å². The van der Waals surface area contributed by atoms with Gasteiger partial charge in [0.25, 0.3) is 0 Å². The highest BCUT2D eigenvalue weighted by molar-refractivity contribution is 7.92. The summed E-state index contributed by atoms with van der Waals surface area (Å²) in [6.07, 6.45) is 1.94. The fourth-order valence-electron chi connectivity index (χ4n) is 3.58. The summed E-state index contributed by atoms with van der Waals surface area (Å²) < 4.78 is 25.2. The van der Waals surface area contributed by atoms with E-state index in [9.17, 15) is 18.6 Å². The maximum atomic E-state index is 11.5. The van der Waals surface area contributed by atoms with E-state index >= 15 is 0 Å². The van der Waals surface area contributed by atoms with Gasteiger partial charge in [0.15, 0.2) is 0 Å². The molecule has 7 heteroatoms. The second kappa shape index (κ2) is 9.26. The van der Waals surface area contributed by atoms with Gasteiger partial charge in [-0.2, -0.15) is 0 Å². The number of aliphatic hydroxyl groups is 1. The number of phenolic OH excluding ortho intramolecular Hbond substituents is 1. The van der Waals surface area contributed by atoms with Gasteiger partial charge in [-0.05, 0) is 60.7 Å². The number of β-amino-alcohol motifs (C(OH)–C–C–N with tert-alkyl or cyclic N) is 1. The number of hydrogen-bond donors (Lipinski definition) is 4. The molecular formula is C24H30N2O4S. The number of anilines is 1. The highest BCUT2D eigenvalue weighted by Gasteiger charge is 2.20. The molecule has 1 atom stereocenters. The van der Waals surface area contributed by atoms with E-state index in [0.717, 1.165) is 19.1 Å². The number of rotatable bonds is 9. The van der Waals surface area contributed by atoms with Gasteiger partial charge in [-0.15, -0.1) is 0 Å². The van der Waals surface area contributed by atoms with Gasteiger partial charge in [-0.25, -0.2) is 8.42 Å². The second-order valence-electron chi connectivity index (χ2n) is 8.57. The fraction of sp³-hybridized carbons (Fsp3) is 0.333. The molecule has 3 aromatic carbocycles. The normalized spacial score (nSPS) is 13.3. The van der Waals surface area contributed by atoms with Crippen molar-refractivity contribution in [3.8, 4) is 5.75 Å². The molecule has 0 saturated heterocycles. The maximum absolute atomic E-state index is 11.5. The third-order valence-corrected chi connectivity index (χ3v) is 5.96. The zero-order valence-corrected chi connectivity index (χ0v) is 18.9. The van der Waals surface area contributed by atoms with Gasteiger partial charge in [0, 0.05) is 12.1 Å². The Morgan fingerprint density at radius 1 is 1.03 bits per heavy atom. The number of aryl methyl sites for hydroxylation is 1. The molecule has 4 N–H and O–H groups in total. The molecule has 0 aliphatic carbocycles. The fourth-order valence-corrected chi connectivity index (χ4v) is 4.14. The zero-order valence-electron chi connectivity index (χ0n) is 18.1. The molecule has 0 aromatic heterocycles. The summed E-state index contributed by atoms with van der Waals surface area (Å²) in [6, 6.07) is 19.1. The lowest BCUT2D eigenvalue weighted by atomic mass is 9.92. The first-order valence-corrected chi connectivity index (χ1v) is 12.1. The summed E-state index contributed by atoms with van der Waals surface area (Å²) in [5, 5.41) is 26.4. The van der Waals surface area contributed by atoms with Crippen LogP contribution < -0.4 is 10.0 Å². The number of aliphatic hydroxyl groups excluding tert-OH is 1. The minimum absolute atomic E-state index is 0.0502. The van der Waals surface area contributed by atoms with Crippen LogP contribution >= 0.6 is 0 Å². The number of sulfonamides is 1. The number of hydrogen-bond acceptors (Lipinski definition) is 5. The van der Waals surface area contributed by atoms with Gasteiger partial charge in [0.1, 0.15) is 5.75 Å². The lowest BCUT2D eigenvalue weighted by molar-refractivity contribution is 0.159. The van der Waals surface area contributed by atoms with E-state index in [1.54, 1.807) is 6.07 Å². The van der Waals surface area contributed by atoms with E-state index in [1.807, 2.05) is 6.07 Å². The molecule has 3 rings (SSSR count). The summed E-state index contributed by atoms with van der Waals surface area (Å²) >= 11 is 0. The number of benzene rings is 3.